The molecule has 0 aliphatic heterocycles. The number of para-hydroxylation sites is 1. The molecule has 5 rings (SSSR count). The summed E-state index contributed by atoms with van der Waals surface area (Å²) < 4.78 is 32.3. The maximum absolute atomic E-state index is 13.1. The van der Waals surface area contributed by atoms with Crippen LogP contribution in [-0.4, -0.2) is 44.8 Å². The molecule has 5 aromatic rings. The molecule has 206 valence electrons. The Kier molecular flexibility index (Phi) is 7.90. The molecular weight excluding hydrogens is 530 g/mol. The average Bonchev–Trinajstić information content (AvgIpc) is 3.63. The lowest BCUT2D eigenvalue weighted by atomic mass is 10.0. The third-order valence-corrected chi connectivity index (χ3v) is 7.35. The van der Waals surface area contributed by atoms with Gasteiger partial charge in [-0.05, 0) is 53.5 Å². The maximum atomic E-state index is 13.1. The van der Waals surface area contributed by atoms with Gasteiger partial charge >= 0.3 is 0 Å². The van der Waals surface area contributed by atoms with Crippen molar-refractivity contribution in [2.75, 3.05) is 33.8 Å². The summed E-state index contributed by atoms with van der Waals surface area (Å²) in [5.74, 6) is 2.38. The van der Waals surface area contributed by atoms with Crippen molar-refractivity contribution in [1.29, 1.82) is 0 Å². The quantitative estimate of drug-likeness (QED) is 0.222. The van der Waals surface area contributed by atoms with Gasteiger partial charge in [0.2, 0.25) is 11.7 Å². The first-order valence-corrected chi connectivity index (χ1v) is 13.2. The number of fused-ring (bicyclic) bond motifs is 1. The molecule has 3 aromatic carbocycles. The second-order valence-corrected chi connectivity index (χ2v) is 9.75. The number of nitrogens with zero attached hydrogens (tertiary/aromatic N) is 1. The van der Waals surface area contributed by atoms with Gasteiger partial charge in [0.25, 0.3) is 0 Å². The zero-order valence-electron chi connectivity index (χ0n) is 22.5. The highest BCUT2D eigenvalue weighted by atomic mass is 32.1. The molecule has 0 fully saturated rings. The number of hydrogen-bond donors (Lipinski definition) is 2. The Balaban J connectivity index is 1.42. The second-order valence-electron chi connectivity index (χ2n) is 8.95. The number of hydrogen-bond acceptors (Lipinski definition) is 9. The predicted molar refractivity (Wildman–Crippen MR) is 156 cm³/mol. The minimum absolute atomic E-state index is 0.252. The summed E-state index contributed by atoms with van der Waals surface area (Å²) in [4.78, 5) is 14.0. The van der Waals surface area contributed by atoms with Crippen LogP contribution >= 0.6 is 11.5 Å². The molecule has 0 spiro atoms. The molecule has 0 saturated carbocycles. The topological polar surface area (TPSA) is 118 Å². The van der Waals surface area contributed by atoms with E-state index in [4.69, 9.17) is 29.1 Å². The van der Waals surface area contributed by atoms with Crippen LogP contribution in [0.15, 0.2) is 71.3 Å². The maximum Gasteiger partial charge on any atom is 0.241 e. The zero-order chi connectivity index (χ0) is 28.2. The lowest BCUT2D eigenvalue weighted by molar-refractivity contribution is -0.117. The molecule has 0 radical (unpaired) electrons. The van der Waals surface area contributed by atoms with Gasteiger partial charge in [0, 0.05) is 29.1 Å². The van der Waals surface area contributed by atoms with E-state index in [-0.39, 0.29) is 12.3 Å². The van der Waals surface area contributed by atoms with Gasteiger partial charge in [-0.2, -0.15) is 4.37 Å². The van der Waals surface area contributed by atoms with E-state index in [2.05, 4.69) is 9.69 Å². The molecule has 1 atom stereocenters. The first-order valence-electron chi connectivity index (χ1n) is 12.4. The molecule has 3 N–H and O–H groups in total. The molecular formula is C30H29N3O6S. The van der Waals surface area contributed by atoms with Crippen LogP contribution in [0.2, 0.25) is 0 Å². The molecule has 0 bridgehead atoms. The molecule has 40 heavy (non-hydrogen) atoms. The Bertz CT molecular complexity index is 1600. The smallest absolute Gasteiger partial charge is 0.241 e. The Morgan fingerprint density at radius 3 is 2.33 bits per heavy atom. The molecule has 0 aliphatic rings. The van der Waals surface area contributed by atoms with E-state index in [1.165, 1.54) is 11.5 Å². The summed E-state index contributed by atoms with van der Waals surface area (Å²) in [5, 5.41) is 3.89. The highest BCUT2D eigenvalue weighted by molar-refractivity contribution is 7.10. The summed E-state index contributed by atoms with van der Waals surface area (Å²) in [6.45, 7) is 0. The number of carbonyl (C=O) groups is 1. The summed E-state index contributed by atoms with van der Waals surface area (Å²) in [5.41, 5.74) is 10.1. The van der Waals surface area contributed by atoms with Crippen LogP contribution in [-0.2, 0) is 11.2 Å². The van der Waals surface area contributed by atoms with E-state index < -0.39 is 6.04 Å². The molecule has 0 saturated heterocycles. The van der Waals surface area contributed by atoms with Crippen LogP contribution in [0.5, 0.6) is 23.0 Å². The summed E-state index contributed by atoms with van der Waals surface area (Å²) in [6.07, 6.45) is 2.03. The second kappa shape index (κ2) is 11.7. The molecule has 2 aromatic heterocycles. The number of ether oxygens (including phenoxy) is 4. The van der Waals surface area contributed by atoms with Crippen LogP contribution < -0.4 is 30.0 Å². The Labute approximate surface area is 235 Å². The predicted octanol–water partition coefficient (Wildman–Crippen LogP) is 5.77. The Hall–Kier alpha value is -4.54. The lowest BCUT2D eigenvalue weighted by Gasteiger charge is -2.16. The van der Waals surface area contributed by atoms with E-state index in [0.717, 1.165) is 32.5 Å². The summed E-state index contributed by atoms with van der Waals surface area (Å²) in [7, 11) is 6.26. The van der Waals surface area contributed by atoms with Crippen molar-refractivity contribution in [1.82, 2.24) is 4.37 Å². The van der Waals surface area contributed by atoms with Crippen LogP contribution in [0.1, 0.15) is 5.76 Å². The van der Waals surface area contributed by atoms with E-state index in [1.54, 1.807) is 40.7 Å². The highest BCUT2D eigenvalue weighted by Crippen LogP contribution is 2.45. The minimum atomic E-state index is -0.827. The lowest BCUT2D eigenvalue weighted by Crippen LogP contribution is -2.37. The average molecular weight is 560 g/mol. The Morgan fingerprint density at radius 1 is 0.925 bits per heavy atom. The van der Waals surface area contributed by atoms with Crippen LogP contribution in [0.4, 0.5) is 5.69 Å². The number of methoxy groups -OCH3 is 4. The number of carbonyl (C=O) groups excluding carboxylic acids is 1. The molecule has 9 nitrogen and oxygen atoms in total. The fourth-order valence-corrected chi connectivity index (χ4v) is 5.27. The highest BCUT2D eigenvalue weighted by Gasteiger charge is 2.21. The van der Waals surface area contributed by atoms with Crippen molar-refractivity contribution in [2.24, 2.45) is 5.73 Å². The number of aromatic nitrogens is 1. The number of benzene rings is 3. The van der Waals surface area contributed by atoms with Crippen LogP contribution in [0.25, 0.3) is 32.5 Å². The third kappa shape index (κ3) is 5.31. The monoisotopic (exact) mass is 559 g/mol. The largest absolute Gasteiger partial charge is 0.495 e. The van der Waals surface area contributed by atoms with Crippen LogP contribution in [0, 0.1) is 0 Å². The number of furan rings is 1. The standard InChI is InChI=1S/C30H29N3O6S/c1-35-25-10-9-17(21-16-32-40-29(21)19-13-26(36-2)28(38-4)27(14-19)37-3)12-23(25)33-30(34)22(31)15-20-11-18-7-5-6-8-24(18)39-20/h5-14,16,22H,15,31H2,1-4H3,(H,33,34)/t22-/m1/s1. The molecule has 10 heteroatoms. The summed E-state index contributed by atoms with van der Waals surface area (Å²) >= 11 is 1.34. The van der Waals surface area contributed by atoms with Gasteiger partial charge in [-0.3, -0.25) is 4.79 Å². The van der Waals surface area contributed by atoms with Gasteiger partial charge in [0.15, 0.2) is 11.5 Å². The first-order chi connectivity index (χ1) is 19.4. The SMILES string of the molecule is COc1ccc(-c2cnsc2-c2cc(OC)c(OC)c(OC)c2)cc1NC(=O)[C@H](N)Cc1cc2ccccc2o1. The van der Waals surface area contributed by atoms with Crippen molar-refractivity contribution >= 4 is 34.1 Å². The van der Waals surface area contributed by atoms with Gasteiger partial charge < -0.3 is 34.4 Å². The third-order valence-electron chi connectivity index (χ3n) is 6.50. The van der Waals surface area contributed by atoms with E-state index in [9.17, 15) is 4.79 Å². The van der Waals surface area contributed by atoms with Crippen LogP contribution in [0.3, 0.4) is 0 Å². The minimum Gasteiger partial charge on any atom is -0.495 e. The zero-order valence-corrected chi connectivity index (χ0v) is 23.3. The van der Waals surface area contributed by atoms with Gasteiger partial charge in [0.1, 0.15) is 17.1 Å². The van der Waals surface area contributed by atoms with Crippen molar-refractivity contribution in [3.63, 3.8) is 0 Å². The number of nitrogens with two attached hydrogens (primary N) is 1. The van der Waals surface area contributed by atoms with Crippen molar-refractivity contribution < 1.29 is 28.2 Å². The van der Waals surface area contributed by atoms with Gasteiger partial charge in [-0.1, -0.05) is 24.3 Å². The van der Waals surface area contributed by atoms with Crippen molar-refractivity contribution in [3.8, 4) is 44.6 Å². The fraction of sp³-hybridized carbons (Fsp3) is 0.200. The normalized spacial score (nSPS) is 11.7. The van der Waals surface area contributed by atoms with Gasteiger partial charge in [0.05, 0.1) is 45.0 Å². The fourth-order valence-electron chi connectivity index (χ4n) is 4.51. The van der Waals surface area contributed by atoms with Crippen molar-refractivity contribution in [3.05, 3.63) is 72.6 Å². The van der Waals surface area contributed by atoms with E-state index in [0.29, 0.717) is 34.4 Å². The number of amides is 1. The molecule has 0 unspecified atom stereocenters. The molecule has 2 heterocycles. The molecule has 1 amide bonds. The number of anilines is 1. The van der Waals surface area contributed by atoms with Crippen molar-refractivity contribution in [2.45, 2.75) is 12.5 Å². The number of nitrogens with one attached hydrogen (secondary N) is 1. The number of rotatable bonds is 10. The van der Waals surface area contributed by atoms with E-state index >= 15 is 0 Å². The Morgan fingerprint density at radius 2 is 1.65 bits per heavy atom. The summed E-state index contributed by atoms with van der Waals surface area (Å²) in [6, 6.07) is 18.0. The van der Waals surface area contributed by atoms with Gasteiger partial charge in [-0.25, -0.2) is 0 Å². The van der Waals surface area contributed by atoms with E-state index in [1.807, 2.05) is 54.6 Å². The van der Waals surface area contributed by atoms with Gasteiger partial charge in [-0.15, -0.1) is 0 Å². The molecule has 0 aliphatic carbocycles. The first kappa shape index (κ1) is 27.0.